The lowest BCUT2D eigenvalue weighted by atomic mass is 9.97. The Bertz CT molecular complexity index is 669. The predicted molar refractivity (Wildman–Crippen MR) is 100.0 cm³/mol. The van der Waals surface area contributed by atoms with Crippen LogP contribution in [-0.2, 0) is 16.0 Å². The van der Waals surface area contributed by atoms with E-state index in [1.807, 2.05) is 0 Å². The van der Waals surface area contributed by atoms with Gasteiger partial charge in [-0.2, -0.15) is 0 Å². The molecule has 0 aliphatic rings. The number of ketones is 1. The fourth-order valence-electron chi connectivity index (χ4n) is 2.66. The summed E-state index contributed by atoms with van der Waals surface area (Å²) in [7, 11) is 1.44. The third kappa shape index (κ3) is 6.69. The number of carbonyl (C=O) groups excluding carboxylic acids is 2. The summed E-state index contributed by atoms with van der Waals surface area (Å²) in [5.74, 6) is -1.06. The molecule has 0 saturated carbocycles. The van der Waals surface area contributed by atoms with Crippen molar-refractivity contribution in [1.82, 2.24) is 0 Å². The number of carbonyl (C=O) groups is 2. The van der Waals surface area contributed by atoms with Crippen molar-refractivity contribution in [2.45, 2.75) is 57.8 Å². The Balaban J connectivity index is 2.96. The molecule has 27 heavy (non-hydrogen) atoms. The topological polar surface area (TPSA) is 113 Å². The molecule has 0 aliphatic carbocycles. The van der Waals surface area contributed by atoms with E-state index < -0.39 is 30.1 Å². The first kappa shape index (κ1) is 22.7. The number of benzene rings is 1. The van der Waals surface area contributed by atoms with Crippen molar-refractivity contribution < 1.29 is 34.4 Å². The van der Waals surface area contributed by atoms with Gasteiger partial charge in [-0.3, -0.25) is 4.79 Å². The molecule has 3 atom stereocenters. The summed E-state index contributed by atoms with van der Waals surface area (Å²) >= 11 is 0. The van der Waals surface area contributed by atoms with Gasteiger partial charge < -0.3 is 24.8 Å². The summed E-state index contributed by atoms with van der Waals surface area (Å²) in [6.45, 7) is 6.52. The first-order chi connectivity index (χ1) is 12.7. The Morgan fingerprint density at radius 3 is 2.52 bits per heavy atom. The molecule has 0 fully saturated rings. The fourth-order valence-corrected chi connectivity index (χ4v) is 2.66. The van der Waals surface area contributed by atoms with Crippen LogP contribution in [-0.4, -0.2) is 52.5 Å². The number of phenolic OH excluding ortho intramolecular Hbond substituents is 1. The lowest BCUT2D eigenvalue weighted by Crippen LogP contribution is -2.32. The second kappa shape index (κ2) is 10.7. The molecular weight excluding hydrogens is 352 g/mol. The monoisotopic (exact) mass is 380 g/mol. The molecule has 1 rings (SSSR count). The van der Waals surface area contributed by atoms with Gasteiger partial charge in [0.25, 0.3) is 0 Å². The smallest absolute Gasteiger partial charge is 0.342 e. The van der Waals surface area contributed by atoms with Crippen LogP contribution in [0, 0.1) is 0 Å². The van der Waals surface area contributed by atoms with Crippen molar-refractivity contribution in [3.63, 3.8) is 0 Å². The third-order valence-electron chi connectivity index (χ3n) is 4.15. The van der Waals surface area contributed by atoms with Crippen LogP contribution >= 0.6 is 0 Å². The van der Waals surface area contributed by atoms with E-state index in [4.69, 9.17) is 9.47 Å². The minimum absolute atomic E-state index is 0.0355. The fraction of sp³-hybridized carbons (Fsp3) is 0.500. The van der Waals surface area contributed by atoms with Gasteiger partial charge in [0.1, 0.15) is 29.3 Å². The molecule has 0 bridgehead atoms. The normalized spacial score (nSPS) is 14.1. The number of hydrogen-bond donors (Lipinski definition) is 3. The molecule has 1 aromatic carbocycles. The Labute approximate surface area is 159 Å². The lowest BCUT2D eigenvalue weighted by molar-refractivity contribution is -0.130. The number of rotatable bonds is 11. The van der Waals surface area contributed by atoms with Crippen LogP contribution in [0.2, 0.25) is 0 Å². The molecular formula is C20H28O7. The molecule has 7 heteroatoms. The lowest BCUT2D eigenvalue weighted by Gasteiger charge is -2.17. The highest BCUT2D eigenvalue weighted by Gasteiger charge is 2.23. The van der Waals surface area contributed by atoms with Crippen molar-refractivity contribution in [3.05, 3.63) is 35.9 Å². The number of aromatic hydroxyl groups is 1. The highest BCUT2D eigenvalue weighted by Crippen LogP contribution is 2.30. The van der Waals surface area contributed by atoms with Gasteiger partial charge in [-0.25, -0.2) is 4.79 Å². The van der Waals surface area contributed by atoms with Crippen LogP contribution in [0.4, 0.5) is 0 Å². The van der Waals surface area contributed by atoms with Gasteiger partial charge in [0, 0.05) is 12.5 Å². The molecule has 0 heterocycles. The molecule has 0 aromatic heterocycles. The van der Waals surface area contributed by atoms with Crippen LogP contribution in [0.5, 0.6) is 11.5 Å². The van der Waals surface area contributed by atoms with E-state index in [1.54, 1.807) is 19.1 Å². The molecule has 0 radical (unpaired) electrons. The summed E-state index contributed by atoms with van der Waals surface area (Å²) in [6, 6.07) is 2.94. The van der Waals surface area contributed by atoms with Gasteiger partial charge in [-0.05, 0) is 44.7 Å². The SMILES string of the molecule is C=CC[C@H](C)OC(=O)c1c(O)cc(OC)cc1CCC[C@@H](O)[C@H](O)C(C)=O. The number of aliphatic hydroxyl groups is 2. The van der Waals surface area contributed by atoms with Crippen LogP contribution in [0.1, 0.15) is 49.0 Å². The van der Waals surface area contributed by atoms with E-state index >= 15 is 0 Å². The number of aliphatic hydroxyl groups excluding tert-OH is 2. The summed E-state index contributed by atoms with van der Waals surface area (Å²) < 4.78 is 10.5. The second-order valence-corrected chi connectivity index (χ2v) is 6.44. The van der Waals surface area contributed by atoms with E-state index in [9.17, 15) is 24.9 Å². The van der Waals surface area contributed by atoms with Crippen LogP contribution in [0.3, 0.4) is 0 Å². The number of methoxy groups -OCH3 is 1. The Kier molecular flexibility index (Phi) is 8.97. The van der Waals surface area contributed by atoms with Crippen LogP contribution in [0.15, 0.2) is 24.8 Å². The van der Waals surface area contributed by atoms with Crippen molar-refractivity contribution >= 4 is 11.8 Å². The van der Waals surface area contributed by atoms with Crippen molar-refractivity contribution in [2.24, 2.45) is 0 Å². The molecule has 150 valence electrons. The second-order valence-electron chi connectivity index (χ2n) is 6.44. The summed E-state index contributed by atoms with van der Waals surface area (Å²) in [4.78, 5) is 23.6. The van der Waals surface area contributed by atoms with Gasteiger partial charge in [-0.15, -0.1) is 6.58 Å². The quantitative estimate of drug-likeness (QED) is 0.398. The Morgan fingerprint density at radius 2 is 1.96 bits per heavy atom. The number of ether oxygens (including phenoxy) is 2. The summed E-state index contributed by atoms with van der Waals surface area (Å²) in [5.41, 5.74) is 0.528. The van der Waals surface area contributed by atoms with Crippen LogP contribution in [0.25, 0.3) is 0 Å². The zero-order chi connectivity index (χ0) is 20.6. The van der Waals surface area contributed by atoms with E-state index in [0.717, 1.165) is 0 Å². The zero-order valence-corrected chi connectivity index (χ0v) is 16.0. The first-order valence-electron chi connectivity index (χ1n) is 8.79. The number of hydrogen-bond acceptors (Lipinski definition) is 7. The van der Waals surface area contributed by atoms with Crippen molar-refractivity contribution in [2.75, 3.05) is 7.11 Å². The minimum Gasteiger partial charge on any atom is -0.507 e. The molecule has 0 amide bonds. The van der Waals surface area contributed by atoms with Gasteiger partial charge in [-0.1, -0.05) is 6.08 Å². The zero-order valence-electron chi connectivity index (χ0n) is 16.0. The van der Waals surface area contributed by atoms with Crippen LogP contribution < -0.4 is 4.74 Å². The Morgan fingerprint density at radius 1 is 1.30 bits per heavy atom. The average molecular weight is 380 g/mol. The number of Topliss-reactive ketones (excluding diaryl/α,β-unsaturated/α-hetero) is 1. The molecule has 1 aromatic rings. The number of aryl methyl sites for hydroxylation is 1. The maximum Gasteiger partial charge on any atom is 0.342 e. The molecule has 0 spiro atoms. The largest absolute Gasteiger partial charge is 0.507 e. The summed E-state index contributed by atoms with van der Waals surface area (Å²) in [5, 5.41) is 29.7. The average Bonchev–Trinajstić information content (AvgIpc) is 2.60. The van der Waals surface area contributed by atoms with Crippen molar-refractivity contribution in [3.8, 4) is 11.5 Å². The minimum atomic E-state index is -1.44. The van der Waals surface area contributed by atoms with Gasteiger partial charge in [0.15, 0.2) is 5.78 Å². The molecule has 0 saturated heterocycles. The predicted octanol–water partition coefficient (Wildman–Crippen LogP) is 2.16. The standard InChI is InChI=1S/C20H28O7/c1-5-7-12(2)27-20(25)18-14(10-15(26-4)11-17(18)23)8-6-9-16(22)19(24)13(3)21/h5,10-12,16,19,22-24H,1,6-9H2,2-4H3/t12-,16+,19+/m0/s1. The van der Waals surface area contributed by atoms with Gasteiger partial charge >= 0.3 is 5.97 Å². The molecule has 7 nitrogen and oxygen atoms in total. The highest BCUT2D eigenvalue weighted by atomic mass is 16.5. The number of phenols is 1. The van der Waals surface area contributed by atoms with Gasteiger partial charge in [0.05, 0.1) is 13.2 Å². The van der Waals surface area contributed by atoms with E-state index in [0.29, 0.717) is 30.6 Å². The van der Waals surface area contributed by atoms with Crippen molar-refractivity contribution in [1.29, 1.82) is 0 Å². The Hall–Kier alpha value is -2.38. The van der Waals surface area contributed by atoms with Gasteiger partial charge in [0.2, 0.25) is 0 Å². The number of esters is 1. The first-order valence-corrected chi connectivity index (χ1v) is 8.79. The van der Waals surface area contributed by atoms with E-state index in [2.05, 4.69) is 6.58 Å². The maximum absolute atomic E-state index is 12.5. The highest BCUT2D eigenvalue weighted by molar-refractivity contribution is 5.94. The third-order valence-corrected chi connectivity index (χ3v) is 4.15. The maximum atomic E-state index is 12.5. The van der Waals surface area contributed by atoms with E-state index in [1.165, 1.54) is 20.1 Å². The van der Waals surface area contributed by atoms with E-state index in [-0.39, 0.29) is 17.7 Å². The molecule has 0 aliphatic heterocycles. The molecule has 3 N–H and O–H groups in total. The molecule has 0 unspecified atom stereocenters. The summed E-state index contributed by atoms with van der Waals surface area (Å²) in [6.07, 6.45) is -0.0656.